The summed E-state index contributed by atoms with van der Waals surface area (Å²) in [6.45, 7) is 4.96. The normalized spacial score (nSPS) is 15.3. The van der Waals surface area contributed by atoms with Crippen molar-refractivity contribution in [1.82, 2.24) is 4.98 Å². The van der Waals surface area contributed by atoms with Crippen LogP contribution in [0.3, 0.4) is 0 Å². The Hall–Kier alpha value is -2.48. The molecule has 1 aliphatic rings. The van der Waals surface area contributed by atoms with E-state index in [1.54, 1.807) is 20.8 Å². The van der Waals surface area contributed by atoms with E-state index in [0.29, 0.717) is 12.8 Å². The van der Waals surface area contributed by atoms with Gasteiger partial charge in [-0.15, -0.1) is 0 Å². The minimum Gasteiger partial charge on any atom is -0.486 e. The molecule has 1 fully saturated rings. The number of nitrogens with two attached hydrogens (primary N) is 1. The van der Waals surface area contributed by atoms with Crippen molar-refractivity contribution in [3.05, 3.63) is 39.2 Å². The van der Waals surface area contributed by atoms with Crippen LogP contribution < -0.4 is 15.9 Å². The molecule has 0 amide bonds. The van der Waals surface area contributed by atoms with Crippen LogP contribution in [0.1, 0.15) is 49.5 Å². The van der Waals surface area contributed by atoms with Gasteiger partial charge in [-0.2, -0.15) is 4.39 Å². The smallest absolute Gasteiger partial charge is 0.343 e. The van der Waals surface area contributed by atoms with Gasteiger partial charge in [0.25, 0.3) is 0 Å². The molecule has 1 aromatic carbocycles. The molecule has 0 spiro atoms. The van der Waals surface area contributed by atoms with Crippen molar-refractivity contribution in [1.29, 1.82) is 0 Å². The van der Waals surface area contributed by atoms with E-state index in [0.717, 1.165) is 6.20 Å². The Morgan fingerprint density at radius 1 is 1.35 bits per heavy atom. The van der Waals surface area contributed by atoms with Crippen molar-refractivity contribution in [3.8, 4) is 5.75 Å². The molecule has 0 saturated heterocycles. The van der Waals surface area contributed by atoms with Gasteiger partial charge in [0.2, 0.25) is 11.2 Å². The third-order valence-corrected chi connectivity index (χ3v) is 4.31. The molecule has 1 aliphatic carbocycles. The number of ether oxygens (including phenoxy) is 2. The molecule has 3 N–H and O–H groups in total. The van der Waals surface area contributed by atoms with Crippen molar-refractivity contribution < 1.29 is 23.0 Å². The van der Waals surface area contributed by atoms with E-state index in [1.807, 2.05) is 0 Å². The minimum absolute atomic E-state index is 0.0256. The molecule has 0 unspecified atom stereocenters. The molecule has 0 bridgehead atoms. The van der Waals surface area contributed by atoms with Crippen molar-refractivity contribution in [2.45, 2.75) is 45.3 Å². The molecule has 26 heavy (non-hydrogen) atoms. The second kappa shape index (κ2) is 6.35. The van der Waals surface area contributed by atoms with Crippen LogP contribution in [0.2, 0.25) is 0 Å². The van der Waals surface area contributed by atoms with E-state index < -0.39 is 40.4 Å². The minimum atomic E-state index is -1.22. The third-order valence-electron chi connectivity index (χ3n) is 4.31. The quantitative estimate of drug-likeness (QED) is 0.794. The molecule has 0 radical (unpaired) electrons. The van der Waals surface area contributed by atoms with Gasteiger partial charge in [0.1, 0.15) is 5.56 Å². The predicted molar refractivity (Wildman–Crippen MR) is 91.3 cm³/mol. The molecule has 0 aliphatic heterocycles. The van der Waals surface area contributed by atoms with E-state index in [2.05, 4.69) is 4.98 Å². The molecule has 3 rings (SSSR count). The maximum Gasteiger partial charge on any atom is 0.343 e. The van der Waals surface area contributed by atoms with Crippen LogP contribution >= 0.6 is 0 Å². The number of aromatic amines is 1. The first kappa shape index (κ1) is 18.3. The lowest BCUT2D eigenvalue weighted by Gasteiger charge is -2.19. The van der Waals surface area contributed by atoms with E-state index in [1.165, 1.54) is 0 Å². The first-order valence-corrected chi connectivity index (χ1v) is 8.40. The molecule has 1 heterocycles. The Labute approximate surface area is 148 Å². The topological polar surface area (TPSA) is 94.4 Å². The van der Waals surface area contributed by atoms with Crippen LogP contribution in [0.5, 0.6) is 5.75 Å². The molecule has 1 aromatic heterocycles. The van der Waals surface area contributed by atoms with Gasteiger partial charge < -0.3 is 20.2 Å². The number of hydrogen-bond acceptors (Lipinski definition) is 5. The molecular weight excluding hydrogens is 346 g/mol. The number of H-pyrrole nitrogens is 1. The molecule has 8 heteroatoms. The fourth-order valence-electron chi connectivity index (χ4n) is 2.94. The van der Waals surface area contributed by atoms with Crippen LogP contribution in [-0.2, 0) is 10.3 Å². The summed E-state index contributed by atoms with van der Waals surface area (Å²) < 4.78 is 39.7. The largest absolute Gasteiger partial charge is 0.486 e. The lowest BCUT2D eigenvalue weighted by molar-refractivity contribution is 0.0524. The van der Waals surface area contributed by atoms with Gasteiger partial charge in [-0.3, -0.25) is 4.79 Å². The number of halogens is 2. The second-order valence-electron chi connectivity index (χ2n) is 6.66. The summed E-state index contributed by atoms with van der Waals surface area (Å²) in [5, 5.41) is -0.176. The Kier molecular flexibility index (Phi) is 4.47. The highest BCUT2D eigenvalue weighted by Gasteiger charge is 2.46. The van der Waals surface area contributed by atoms with E-state index in [9.17, 15) is 18.4 Å². The van der Waals surface area contributed by atoms with Crippen LogP contribution in [-0.4, -0.2) is 23.7 Å². The number of aromatic nitrogens is 1. The summed E-state index contributed by atoms with van der Waals surface area (Å²) in [6.07, 6.45) is 1.48. The molecule has 1 saturated carbocycles. The van der Waals surface area contributed by atoms with Crippen LogP contribution in [0.25, 0.3) is 10.9 Å². The highest BCUT2D eigenvalue weighted by Crippen LogP contribution is 2.48. The van der Waals surface area contributed by atoms with Gasteiger partial charge in [-0.25, -0.2) is 9.18 Å². The van der Waals surface area contributed by atoms with Gasteiger partial charge in [0.05, 0.1) is 23.6 Å². The number of pyridine rings is 1. The molecule has 6 nitrogen and oxygen atoms in total. The standard InChI is InChI=1S/C18H20F2N2O4/c1-4-25-17(24)9-7-22-14-10(15(9)23)11(18(21)5-6-18)12(19)13(20)16(14)26-8(2)3/h7-8H,4-6,21H2,1-3H3,(H,22,23). The first-order valence-electron chi connectivity index (χ1n) is 8.40. The van der Waals surface area contributed by atoms with Crippen LogP contribution in [0.4, 0.5) is 8.78 Å². The summed E-state index contributed by atoms with van der Waals surface area (Å²) in [5.74, 6) is -3.69. The number of benzene rings is 1. The van der Waals surface area contributed by atoms with E-state index in [-0.39, 0.29) is 28.6 Å². The number of rotatable bonds is 5. The number of esters is 1. The average molecular weight is 366 g/mol. The third kappa shape index (κ3) is 2.84. The summed E-state index contributed by atoms with van der Waals surface area (Å²) in [4.78, 5) is 27.6. The maximum absolute atomic E-state index is 14.8. The van der Waals surface area contributed by atoms with Crippen molar-refractivity contribution in [2.75, 3.05) is 6.61 Å². The number of hydrogen-bond donors (Lipinski definition) is 2. The van der Waals surface area contributed by atoms with Crippen molar-refractivity contribution >= 4 is 16.9 Å². The van der Waals surface area contributed by atoms with Gasteiger partial charge in [-0.1, -0.05) is 0 Å². The zero-order valence-electron chi connectivity index (χ0n) is 14.7. The summed E-state index contributed by atoms with van der Waals surface area (Å²) in [5.41, 5.74) is 3.63. The highest BCUT2D eigenvalue weighted by molar-refractivity contribution is 5.97. The summed E-state index contributed by atoms with van der Waals surface area (Å²) >= 11 is 0. The fourth-order valence-corrected chi connectivity index (χ4v) is 2.94. The number of nitrogens with one attached hydrogen (secondary N) is 1. The van der Waals surface area contributed by atoms with Crippen molar-refractivity contribution in [3.63, 3.8) is 0 Å². The zero-order chi connectivity index (χ0) is 19.2. The van der Waals surface area contributed by atoms with Gasteiger partial charge in [0, 0.05) is 17.3 Å². The maximum atomic E-state index is 14.8. The van der Waals surface area contributed by atoms with Crippen LogP contribution in [0, 0.1) is 11.6 Å². The molecular formula is C18H20F2N2O4. The first-order chi connectivity index (χ1) is 12.2. The predicted octanol–water partition coefficient (Wildman–Crippen LogP) is 2.72. The van der Waals surface area contributed by atoms with Gasteiger partial charge in [0.15, 0.2) is 11.6 Å². The number of fused-ring (bicyclic) bond motifs is 1. The second-order valence-corrected chi connectivity index (χ2v) is 6.66. The van der Waals surface area contributed by atoms with Crippen LogP contribution in [0.15, 0.2) is 11.0 Å². The van der Waals surface area contributed by atoms with E-state index >= 15 is 0 Å². The summed E-state index contributed by atoms with van der Waals surface area (Å²) in [6, 6.07) is 0. The monoisotopic (exact) mass is 366 g/mol. The van der Waals surface area contributed by atoms with E-state index in [4.69, 9.17) is 15.2 Å². The Bertz CT molecular complexity index is 949. The molecule has 2 aromatic rings. The zero-order valence-corrected chi connectivity index (χ0v) is 14.7. The lowest BCUT2D eigenvalue weighted by Crippen LogP contribution is -2.27. The average Bonchev–Trinajstić information content (AvgIpc) is 3.31. The number of carbonyl (C=O) groups excluding carboxylic acids is 1. The lowest BCUT2D eigenvalue weighted by atomic mass is 9.96. The summed E-state index contributed by atoms with van der Waals surface area (Å²) in [7, 11) is 0. The highest BCUT2D eigenvalue weighted by atomic mass is 19.2. The Balaban J connectivity index is 2.41. The Morgan fingerprint density at radius 3 is 2.54 bits per heavy atom. The van der Waals surface area contributed by atoms with Gasteiger partial charge in [-0.05, 0) is 33.6 Å². The molecule has 0 atom stereocenters. The SMILES string of the molecule is CCOC(=O)c1c[nH]c2c(OC(C)C)c(F)c(F)c(C3(N)CC3)c2c1=O. The van der Waals surface area contributed by atoms with Crippen molar-refractivity contribution in [2.24, 2.45) is 5.73 Å². The fraction of sp³-hybridized carbons (Fsp3) is 0.444. The Morgan fingerprint density at radius 2 is 2.00 bits per heavy atom. The molecule has 140 valence electrons. The van der Waals surface area contributed by atoms with Gasteiger partial charge >= 0.3 is 5.97 Å². The number of carbonyl (C=O) groups is 1.